The second kappa shape index (κ2) is 4.85. The van der Waals surface area contributed by atoms with Crippen LogP contribution in [0.3, 0.4) is 0 Å². The van der Waals surface area contributed by atoms with E-state index in [1.165, 1.54) is 30.4 Å². The van der Waals surface area contributed by atoms with E-state index in [9.17, 15) is 14.9 Å². The SMILES string of the molecule is C=CC(=O)/C=C/c1cccc([N+](=O)[O-])c1. The molecule has 4 heteroatoms. The Kier molecular flexibility index (Phi) is 3.51. The number of nitrogens with zero attached hydrogens (tertiary/aromatic N) is 1. The second-order valence-corrected chi connectivity index (χ2v) is 2.79. The van der Waals surface area contributed by atoms with Gasteiger partial charge in [-0.15, -0.1) is 0 Å². The summed E-state index contributed by atoms with van der Waals surface area (Å²) in [6.45, 7) is 3.31. The van der Waals surface area contributed by atoms with E-state index < -0.39 is 4.92 Å². The highest BCUT2D eigenvalue weighted by atomic mass is 16.6. The normalized spacial score (nSPS) is 10.1. The largest absolute Gasteiger partial charge is 0.290 e. The van der Waals surface area contributed by atoms with Gasteiger partial charge in [0.05, 0.1) is 4.92 Å². The maximum atomic E-state index is 10.9. The van der Waals surface area contributed by atoms with Crippen molar-refractivity contribution in [1.82, 2.24) is 0 Å². The number of hydrogen-bond donors (Lipinski definition) is 0. The number of benzene rings is 1. The average Bonchev–Trinajstić information content (AvgIpc) is 2.26. The van der Waals surface area contributed by atoms with Crippen LogP contribution in [0.1, 0.15) is 5.56 Å². The predicted octanol–water partition coefficient (Wildman–Crippen LogP) is 2.36. The van der Waals surface area contributed by atoms with Crippen LogP contribution in [0, 0.1) is 10.1 Å². The fourth-order valence-electron chi connectivity index (χ4n) is 0.988. The standard InChI is InChI=1S/C11H9NO3/c1-2-11(13)7-6-9-4-3-5-10(8-9)12(14)15/h2-8H,1H2/b7-6+. The molecule has 0 atom stereocenters. The summed E-state index contributed by atoms with van der Waals surface area (Å²) in [7, 11) is 0. The molecule has 0 aliphatic rings. The van der Waals surface area contributed by atoms with Gasteiger partial charge >= 0.3 is 0 Å². The topological polar surface area (TPSA) is 60.2 Å². The number of non-ortho nitro benzene ring substituents is 1. The van der Waals surface area contributed by atoms with Gasteiger partial charge in [-0.25, -0.2) is 0 Å². The summed E-state index contributed by atoms with van der Waals surface area (Å²) in [6.07, 6.45) is 4.00. The Bertz CT molecular complexity index is 435. The first-order valence-corrected chi connectivity index (χ1v) is 4.22. The van der Waals surface area contributed by atoms with Gasteiger partial charge in [-0.05, 0) is 17.7 Å². The van der Waals surface area contributed by atoms with Crippen LogP contribution in [-0.4, -0.2) is 10.7 Å². The number of ketones is 1. The van der Waals surface area contributed by atoms with Crippen LogP contribution in [0.25, 0.3) is 6.08 Å². The maximum absolute atomic E-state index is 10.9. The number of allylic oxidation sites excluding steroid dienone is 2. The second-order valence-electron chi connectivity index (χ2n) is 2.79. The molecule has 15 heavy (non-hydrogen) atoms. The molecule has 0 aliphatic heterocycles. The molecule has 0 unspecified atom stereocenters. The molecule has 0 aliphatic carbocycles. The highest BCUT2D eigenvalue weighted by molar-refractivity contribution is 6.01. The third-order valence-electron chi connectivity index (χ3n) is 1.72. The Morgan fingerprint density at radius 1 is 1.47 bits per heavy atom. The lowest BCUT2D eigenvalue weighted by Gasteiger charge is -1.93. The highest BCUT2D eigenvalue weighted by Crippen LogP contribution is 2.13. The average molecular weight is 203 g/mol. The van der Waals surface area contributed by atoms with Crippen LogP contribution in [0.15, 0.2) is 43.0 Å². The predicted molar refractivity (Wildman–Crippen MR) is 57.3 cm³/mol. The van der Waals surface area contributed by atoms with Crippen molar-refractivity contribution in [3.8, 4) is 0 Å². The van der Waals surface area contributed by atoms with Gasteiger partial charge in [0, 0.05) is 12.1 Å². The molecule has 76 valence electrons. The van der Waals surface area contributed by atoms with Gasteiger partial charge in [-0.2, -0.15) is 0 Å². The van der Waals surface area contributed by atoms with Crippen molar-refractivity contribution in [3.05, 3.63) is 58.7 Å². The van der Waals surface area contributed by atoms with Crippen LogP contribution in [0.5, 0.6) is 0 Å². The Morgan fingerprint density at radius 3 is 2.80 bits per heavy atom. The van der Waals surface area contributed by atoms with Crippen LogP contribution in [0.4, 0.5) is 5.69 Å². The van der Waals surface area contributed by atoms with E-state index in [0.717, 1.165) is 0 Å². The van der Waals surface area contributed by atoms with Crippen molar-refractivity contribution < 1.29 is 9.72 Å². The first-order valence-electron chi connectivity index (χ1n) is 4.22. The smallest absolute Gasteiger partial charge is 0.270 e. The lowest BCUT2D eigenvalue weighted by Crippen LogP contribution is -1.88. The number of carbonyl (C=O) groups is 1. The van der Waals surface area contributed by atoms with Crippen LogP contribution >= 0.6 is 0 Å². The molecule has 0 aromatic heterocycles. The number of carbonyl (C=O) groups excluding carboxylic acids is 1. The van der Waals surface area contributed by atoms with Gasteiger partial charge in [0.1, 0.15) is 0 Å². The Balaban J connectivity index is 2.91. The minimum atomic E-state index is -0.480. The molecule has 0 heterocycles. The zero-order chi connectivity index (χ0) is 11.3. The third kappa shape index (κ3) is 3.19. The molecule has 0 amide bonds. The molecular formula is C11H9NO3. The Labute approximate surface area is 86.7 Å². The monoisotopic (exact) mass is 203 g/mol. The van der Waals surface area contributed by atoms with Crippen LogP contribution in [0.2, 0.25) is 0 Å². The zero-order valence-electron chi connectivity index (χ0n) is 7.92. The van der Waals surface area contributed by atoms with E-state index in [0.29, 0.717) is 5.56 Å². The lowest BCUT2D eigenvalue weighted by molar-refractivity contribution is -0.384. The Morgan fingerprint density at radius 2 is 2.20 bits per heavy atom. The summed E-state index contributed by atoms with van der Waals surface area (Å²) in [6, 6.07) is 6.04. The number of hydrogen-bond acceptors (Lipinski definition) is 3. The van der Waals surface area contributed by atoms with Crippen LogP contribution in [-0.2, 0) is 4.79 Å². The fraction of sp³-hybridized carbons (Fsp3) is 0. The third-order valence-corrected chi connectivity index (χ3v) is 1.72. The van der Waals surface area contributed by atoms with E-state index >= 15 is 0 Å². The van der Waals surface area contributed by atoms with Crippen LogP contribution < -0.4 is 0 Å². The van der Waals surface area contributed by atoms with Gasteiger partial charge in [0.15, 0.2) is 5.78 Å². The minimum absolute atomic E-state index is 0.00296. The zero-order valence-corrected chi connectivity index (χ0v) is 7.92. The molecule has 0 spiro atoms. The summed E-state index contributed by atoms with van der Waals surface area (Å²) in [4.78, 5) is 20.8. The van der Waals surface area contributed by atoms with E-state index in [4.69, 9.17) is 0 Å². The molecule has 0 bridgehead atoms. The quantitative estimate of drug-likeness (QED) is 0.428. The highest BCUT2D eigenvalue weighted by Gasteiger charge is 2.03. The van der Waals surface area contributed by atoms with Gasteiger partial charge < -0.3 is 0 Å². The fourth-order valence-corrected chi connectivity index (χ4v) is 0.988. The molecule has 0 fully saturated rings. The molecule has 1 aromatic carbocycles. The van der Waals surface area contributed by atoms with Crippen molar-refractivity contribution in [2.75, 3.05) is 0 Å². The minimum Gasteiger partial charge on any atom is -0.290 e. The first-order chi connectivity index (χ1) is 7.13. The number of nitro groups is 1. The molecule has 1 aromatic rings. The van der Waals surface area contributed by atoms with Crippen molar-refractivity contribution >= 4 is 17.5 Å². The van der Waals surface area contributed by atoms with E-state index in [1.807, 2.05) is 0 Å². The summed E-state index contributed by atoms with van der Waals surface area (Å²) in [5, 5.41) is 10.4. The first kappa shape index (κ1) is 10.8. The maximum Gasteiger partial charge on any atom is 0.270 e. The summed E-state index contributed by atoms with van der Waals surface area (Å²) in [5.41, 5.74) is 0.614. The molecule has 0 saturated carbocycles. The lowest BCUT2D eigenvalue weighted by atomic mass is 10.2. The molecule has 1 rings (SSSR count). The summed E-state index contributed by atoms with van der Waals surface area (Å²) >= 11 is 0. The van der Waals surface area contributed by atoms with E-state index in [-0.39, 0.29) is 11.5 Å². The van der Waals surface area contributed by atoms with Gasteiger partial charge in [-0.1, -0.05) is 24.8 Å². The molecule has 4 nitrogen and oxygen atoms in total. The van der Waals surface area contributed by atoms with Gasteiger partial charge in [0.25, 0.3) is 5.69 Å². The van der Waals surface area contributed by atoms with Gasteiger partial charge in [-0.3, -0.25) is 14.9 Å². The molecular weight excluding hydrogens is 194 g/mol. The number of rotatable bonds is 4. The Hall–Kier alpha value is -2.23. The number of nitro benzene ring substituents is 1. The van der Waals surface area contributed by atoms with Crippen molar-refractivity contribution in [3.63, 3.8) is 0 Å². The van der Waals surface area contributed by atoms with E-state index in [2.05, 4.69) is 6.58 Å². The summed E-state index contributed by atoms with van der Waals surface area (Å²) < 4.78 is 0. The summed E-state index contributed by atoms with van der Waals surface area (Å²) in [5.74, 6) is -0.235. The molecule has 0 N–H and O–H groups in total. The van der Waals surface area contributed by atoms with Crippen molar-refractivity contribution in [1.29, 1.82) is 0 Å². The molecule has 0 saturated heterocycles. The van der Waals surface area contributed by atoms with E-state index in [1.54, 1.807) is 12.1 Å². The van der Waals surface area contributed by atoms with Crippen molar-refractivity contribution in [2.45, 2.75) is 0 Å². The van der Waals surface area contributed by atoms with Gasteiger partial charge in [0.2, 0.25) is 0 Å². The van der Waals surface area contributed by atoms with Crippen molar-refractivity contribution in [2.24, 2.45) is 0 Å². The molecule has 0 radical (unpaired) electrons.